The fourth-order valence-corrected chi connectivity index (χ4v) is 6.75. The van der Waals surface area contributed by atoms with Crippen LogP contribution in [0.1, 0.15) is 69.6 Å². The number of likely N-dealkylation sites (tertiary alicyclic amines) is 1. The molecule has 198 valence electrons. The summed E-state index contributed by atoms with van der Waals surface area (Å²) in [6, 6.07) is 14.0. The summed E-state index contributed by atoms with van der Waals surface area (Å²) in [7, 11) is 1.63. The Labute approximate surface area is 219 Å². The minimum Gasteiger partial charge on any atom is -0.495 e. The molecule has 2 amide bonds. The highest BCUT2D eigenvalue weighted by atomic mass is 16.6. The fraction of sp³-hybridized carbons (Fsp3) is 0.533. The third-order valence-electron chi connectivity index (χ3n) is 8.23. The van der Waals surface area contributed by atoms with Gasteiger partial charge in [0, 0.05) is 18.0 Å². The van der Waals surface area contributed by atoms with E-state index in [0.717, 1.165) is 36.8 Å². The maximum atomic E-state index is 13.3. The van der Waals surface area contributed by atoms with Crippen molar-refractivity contribution in [1.29, 1.82) is 0 Å². The first-order valence-electron chi connectivity index (χ1n) is 13.4. The second kappa shape index (κ2) is 9.92. The predicted octanol–water partition coefficient (Wildman–Crippen LogP) is 6.44. The van der Waals surface area contributed by atoms with Crippen molar-refractivity contribution >= 4 is 17.9 Å². The number of nitrogens with zero attached hydrogens (tertiary/aromatic N) is 1. The van der Waals surface area contributed by atoms with Gasteiger partial charge in [-0.3, -0.25) is 5.32 Å². The maximum absolute atomic E-state index is 13.3. The molecule has 1 saturated heterocycles. The number of fused-ring (bicyclic) bond motifs is 1. The Hall–Kier alpha value is -3.22. The summed E-state index contributed by atoms with van der Waals surface area (Å²) in [6.45, 7) is 6.48. The van der Waals surface area contributed by atoms with E-state index in [1.165, 1.54) is 18.4 Å². The molecule has 0 aromatic heterocycles. The molecule has 2 bridgehead atoms. The van der Waals surface area contributed by atoms with Gasteiger partial charge in [0.25, 0.3) is 0 Å². The van der Waals surface area contributed by atoms with Gasteiger partial charge in [-0.1, -0.05) is 43.2 Å². The molecule has 2 aromatic carbocycles. The Morgan fingerprint density at radius 2 is 1.89 bits per heavy atom. The van der Waals surface area contributed by atoms with Gasteiger partial charge in [0.05, 0.1) is 12.8 Å². The Bertz CT molecular complexity index is 1160. The second-order valence-corrected chi connectivity index (χ2v) is 11.6. The lowest BCUT2D eigenvalue weighted by molar-refractivity contribution is -0.0137. The topological polar surface area (TPSA) is 77.1 Å². The van der Waals surface area contributed by atoms with Gasteiger partial charge in [0.2, 0.25) is 0 Å². The van der Waals surface area contributed by atoms with Crippen LogP contribution in [0, 0.1) is 5.92 Å². The van der Waals surface area contributed by atoms with E-state index >= 15 is 0 Å². The van der Waals surface area contributed by atoms with Crippen LogP contribution in [-0.4, -0.2) is 42.4 Å². The Morgan fingerprint density at radius 3 is 2.62 bits per heavy atom. The lowest BCUT2D eigenvalue weighted by atomic mass is 9.52. The molecular formula is C30H38N2O5. The van der Waals surface area contributed by atoms with E-state index in [1.54, 1.807) is 7.11 Å². The summed E-state index contributed by atoms with van der Waals surface area (Å²) in [5.41, 5.74) is 3.48. The van der Waals surface area contributed by atoms with Crippen LogP contribution in [0.5, 0.6) is 5.75 Å². The minimum absolute atomic E-state index is 0.0183. The molecule has 1 heterocycles. The summed E-state index contributed by atoms with van der Waals surface area (Å²) in [5, 5.41) is 2.88. The maximum Gasteiger partial charge on any atom is 0.412 e. The van der Waals surface area contributed by atoms with Gasteiger partial charge < -0.3 is 19.1 Å². The molecular weight excluding hydrogens is 468 g/mol. The lowest BCUT2D eigenvalue weighted by Gasteiger charge is -2.58. The molecule has 3 atom stereocenters. The number of anilines is 1. The Balaban J connectivity index is 1.43. The summed E-state index contributed by atoms with van der Waals surface area (Å²) in [4.78, 5) is 27.8. The zero-order chi connectivity index (χ0) is 26.2. The van der Waals surface area contributed by atoms with Crippen LogP contribution in [0.15, 0.2) is 42.5 Å². The Morgan fingerprint density at radius 1 is 1.11 bits per heavy atom. The van der Waals surface area contributed by atoms with E-state index in [0.29, 0.717) is 23.9 Å². The molecule has 7 nitrogen and oxygen atoms in total. The minimum atomic E-state index is -0.600. The SMILES string of the molecule is COc1cc2c(cc1NC(=O)OC(C)(C)C)C[C@@H]1[C@@H]3CCCC[C@]23CCN1C(=O)OCc1ccccc1. The van der Waals surface area contributed by atoms with Gasteiger partial charge in [-0.2, -0.15) is 0 Å². The highest BCUT2D eigenvalue weighted by Gasteiger charge is 2.55. The highest BCUT2D eigenvalue weighted by molar-refractivity contribution is 5.87. The summed E-state index contributed by atoms with van der Waals surface area (Å²) in [6.07, 6.45) is 5.46. The number of hydrogen-bond acceptors (Lipinski definition) is 5. The van der Waals surface area contributed by atoms with Crippen LogP contribution in [0.3, 0.4) is 0 Å². The molecule has 2 aromatic rings. The third-order valence-corrected chi connectivity index (χ3v) is 8.23. The standard InChI is InChI=1S/C30H38N2O5/c1-29(2,3)37-27(33)31-24-16-21-17-25-22-12-8-9-13-30(22,23(21)18-26(24)35-4)14-15-32(25)28(34)36-19-20-10-6-5-7-11-20/h5-7,10-11,16,18,22,25H,8-9,12-15,17,19H2,1-4H3,(H,31,33)/t22-,25+,30+/m0/s1. The van der Waals surface area contributed by atoms with Crippen molar-refractivity contribution < 1.29 is 23.8 Å². The summed E-state index contributed by atoms with van der Waals surface area (Å²) < 4.78 is 17.0. The number of carbonyl (C=O) groups excluding carboxylic acids is 2. The first-order valence-corrected chi connectivity index (χ1v) is 13.4. The number of amides is 2. The molecule has 0 spiro atoms. The van der Waals surface area contributed by atoms with Gasteiger partial charge in [-0.25, -0.2) is 9.59 Å². The second-order valence-electron chi connectivity index (χ2n) is 11.6. The molecule has 3 aliphatic rings. The predicted molar refractivity (Wildman–Crippen MR) is 142 cm³/mol. The molecule has 1 N–H and O–H groups in total. The van der Waals surface area contributed by atoms with E-state index in [4.69, 9.17) is 14.2 Å². The zero-order valence-corrected chi connectivity index (χ0v) is 22.3. The molecule has 7 heteroatoms. The van der Waals surface area contributed by atoms with Crippen molar-refractivity contribution in [1.82, 2.24) is 4.90 Å². The zero-order valence-electron chi connectivity index (χ0n) is 22.3. The van der Waals surface area contributed by atoms with E-state index in [1.807, 2.05) is 62.1 Å². The van der Waals surface area contributed by atoms with Crippen molar-refractivity contribution in [2.24, 2.45) is 5.92 Å². The average molecular weight is 507 g/mol. The quantitative estimate of drug-likeness (QED) is 0.517. The fourth-order valence-electron chi connectivity index (χ4n) is 6.75. The van der Waals surface area contributed by atoms with Crippen LogP contribution in [0.25, 0.3) is 0 Å². The van der Waals surface area contributed by atoms with Crippen LogP contribution < -0.4 is 10.1 Å². The number of rotatable bonds is 4. The number of ether oxygens (including phenoxy) is 3. The van der Waals surface area contributed by atoms with Crippen LogP contribution >= 0.6 is 0 Å². The molecule has 2 fully saturated rings. The summed E-state index contributed by atoms with van der Waals surface area (Å²) >= 11 is 0. The monoisotopic (exact) mass is 506 g/mol. The number of carbonyl (C=O) groups is 2. The first kappa shape index (κ1) is 25.4. The van der Waals surface area contributed by atoms with Gasteiger partial charge in [0.1, 0.15) is 18.0 Å². The molecule has 0 unspecified atom stereocenters. The number of benzene rings is 2. The van der Waals surface area contributed by atoms with E-state index in [9.17, 15) is 9.59 Å². The molecule has 1 aliphatic heterocycles. The van der Waals surface area contributed by atoms with E-state index < -0.39 is 11.7 Å². The smallest absolute Gasteiger partial charge is 0.412 e. The van der Waals surface area contributed by atoms with Crippen molar-refractivity contribution in [3.63, 3.8) is 0 Å². The normalized spacial score (nSPS) is 24.4. The van der Waals surface area contributed by atoms with Crippen LogP contribution in [-0.2, 0) is 27.9 Å². The van der Waals surface area contributed by atoms with Crippen LogP contribution in [0.2, 0.25) is 0 Å². The number of nitrogens with one attached hydrogen (secondary N) is 1. The average Bonchev–Trinajstić information content (AvgIpc) is 2.86. The largest absolute Gasteiger partial charge is 0.495 e. The molecule has 37 heavy (non-hydrogen) atoms. The number of methoxy groups -OCH3 is 1. The van der Waals surface area contributed by atoms with Gasteiger partial charge in [-0.15, -0.1) is 0 Å². The van der Waals surface area contributed by atoms with Gasteiger partial charge in [-0.05, 0) is 81.2 Å². The lowest BCUT2D eigenvalue weighted by Crippen LogP contribution is -2.62. The van der Waals surface area contributed by atoms with Gasteiger partial charge >= 0.3 is 12.2 Å². The van der Waals surface area contributed by atoms with Crippen molar-refractivity contribution in [2.75, 3.05) is 19.0 Å². The van der Waals surface area contributed by atoms with Crippen molar-refractivity contribution in [2.45, 2.75) is 83.0 Å². The van der Waals surface area contributed by atoms with Crippen LogP contribution in [0.4, 0.5) is 15.3 Å². The number of hydrogen-bond donors (Lipinski definition) is 1. The van der Waals surface area contributed by atoms with E-state index in [-0.39, 0.29) is 24.2 Å². The van der Waals surface area contributed by atoms with Gasteiger partial charge in [0.15, 0.2) is 0 Å². The van der Waals surface area contributed by atoms with Crippen molar-refractivity contribution in [3.8, 4) is 5.75 Å². The third kappa shape index (κ3) is 5.00. The van der Waals surface area contributed by atoms with E-state index in [2.05, 4.69) is 11.4 Å². The molecule has 0 radical (unpaired) electrons. The molecule has 5 rings (SSSR count). The number of piperidine rings is 1. The highest BCUT2D eigenvalue weighted by Crippen LogP contribution is 2.57. The van der Waals surface area contributed by atoms with Crippen molar-refractivity contribution in [3.05, 3.63) is 59.2 Å². The first-order chi connectivity index (χ1) is 17.7. The Kier molecular flexibility index (Phi) is 6.82. The molecule has 2 aliphatic carbocycles. The molecule has 1 saturated carbocycles. The summed E-state index contributed by atoms with van der Waals surface area (Å²) in [5.74, 6) is 1.03.